The van der Waals surface area contributed by atoms with Gasteiger partial charge in [0.2, 0.25) is 5.69 Å². The molecule has 8 heteroatoms. The standard InChI is InChI=1S/C17H21N3O4S/c1-10-8-20(21)15(11(2)16(10)24-4)9-25(22)17-18-13-6-5-12(23-3)7-14(13)19-17/h5-8,17-19H,9H2,1-4H3/t17-,25-/m0/s1. The highest BCUT2D eigenvalue weighted by Crippen LogP contribution is 2.34. The molecule has 0 bridgehead atoms. The van der Waals surface area contributed by atoms with Crippen molar-refractivity contribution in [3.05, 3.63) is 46.4 Å². The molecule has 0 saturated carbocycles. The molecule has 2 N–H and O–H groups in total. The Morgan fingerprint density at radius 1 is 1.20 bits per heavy atom. The van der Waals surface area contributed by atoms with Crippen LogP contribution in [0.3, 0.4) is 0 Å². The molecule has 0 unspecified atom stereocenters. The van der Waals surface area contributed by atoms with Crippen molar-refractivity contribution >= 4 is 22.2 Å². The SMILES string of the molecule is COc1ccc2c(c1)N[C@@H]([S@@](=O)Cc1c(C)c(OC)c(C)c[n+]1[O-])N2. The molecule has 2 heterocycles. The number of pyridine rings is 1. The fraction of sp³-hybridized carbons (Fsp3) is 0.353. The third-order valence-electron chi connectivity index (χ3n) is 4.25. The van der Waals surface area contributed by atoms with Gasteiger partial charge in [-0.25, -0.2) is 0 Å². The summed E-state index contributed by atoms with van der Waals surface area (Å²) in [6, 6.07) is 5.54. The number of fused-ring (bicyclic) bond motifs is 1. The third-order valence-corrected chi connectivity index (χ3v) is 5.57. The number of hydrogen-bond acceptors (Lipinski definition) is 6. The van der Waals surface area contributed by atoms with Gasteiger partial charge in [0.05, 0.1) is 47.5 Å². The molecule has 1 aliphatic heterocycles. The van der Waals surface area contributed by atoms with E-state index in [1.54, 1.807) is 14.2 Å². The smallest absolute Gasteiger partial charge is 0.212 e. The average Bonchev–Trinajstić information content (AvgIpc) is 3.01. The molecular weight excluding hydrogens is 342 g/mol. The lowest BCUT2D eigenvalue weighted by molar-refractivity contribution is -0.613. The molecule has 0 aliphatic carbocycles. The first kappa shape index (κ1) is 17.3. The lowest BCUT2D eigenvalue weighted by atomic mass is 10.1. The zero-order chi connectivity index (χ0) is 18.1. The van der Waals surface area contributed by atoms with Crippen molar-refractivity contribution in [2.45, 2.75) is 25.1 Å². The molecule has 0 saturated heterocycles. The molecule has 0 amide bonds. The van der Waals surface area contributed by atoms with Crippen LogP contribution in [0.5, 0.6) is 11.5 Å². The van der Waals surface area contributed by atoms with Gasteiger partial charge in [-0.15, -0.1) is 0 Å². The van der Waals surface area contributed by atoms with Crippen molar-refractivity contribution < 1.29 is 18.4 Å². The number of hydrogen-bond donors (Lipinski definition) is 2. The van der Waals surface area contributed by atoms with Crippen molar-refractivity contribution in [3.8, 4) is 11.5 Å². The summed E-state index contributed by atoms with van der Waals surface area (Å²) in [6.07, 6.45) is 1.45. The molecule has 1 aromatic heterocycles. The molecule has 7 nitrogen and oxygen atoms in total. The molecule has 0 radical (unpaired) electrons. The Morgan fingerprint density at radius 3 is 2.60 bits per heavy atom. The van der Waals surface area contributed by atoms with Crippen LogP contribution in [0.15, 0.2) is 24.4 Å². The third kappa shape index (κ3) is 3.21. The summed E-state index contributed by atoms with van der Waals surface area (Å²) < 4.78 is 24.1. The van der Waals surface area contributed by atoms with Crippen LogP contribution in [-0.4, -0.2) is 23.9 Å². The van der Waals surface area contributed by atoms with Crippen molar-refractivity contribution in [1.29, 1.82) is 0 Å². The van der Waals surface area contributed by atoms with E-state index < -0.39 is 16.3 Å². The Morgan fingerprint density at radius 2 is 1.92 bits per heavy atom. The second kappa shape index (κ2) is 6.79. The number of ether oxygens (including phenoxy) is 2. The monoisotopic (exact) mass is 363 g/mol. The van der Waals surface area contributed by atoms with Gasteiger partial charge >= 0.3 is 0 Å². The van der Waals surface area contributed by atoms with E-state index >= 15 is 0 Å². The van der Waals surface area contributed by atoms with Gasteiger partial charge < -0.3 is 25.3 Å². The lowest BCUT2D eigenvalue weighted by Crippen LogP contribution is -2.37. The topological polar surface area (TPSA) is 86.5 Å². The van der Waals surface area contributed by atoms with Gasteiger partial charge in [-0.2, -0.15) is 4.73 Å². The van der Waals surface area contributed by atoms with Crippen LogP contribution >= 0.6 is 0 Å². The van der Waals surface area contributed by atoms with Crippen molar-refractivity contribution in [3.63, 3.8) is 0 Å². The minimum Gasteiger partial charge on any atom is -0.618 e. The fourth-order valence-electron chi connectivity index (χ4n) is 2.95. The maximum atomic E-state index is 12.8. The number of rotatable bonds is 5. The predicted octanol–water partition coefficient (Wildman–Crippen LogP) is 2.02. The maximum Gasteiger partial charge on any atom is 0.212 e. The highest BCUT2D eigenvalue weighted by molar-refractivity contribution is 7.85. The number of nitrogens with one attached hydrogen (secondary N) is 2. The number of anilines is 2. The average molecular weight is 363 g/mol. The Hall–Kier alpha value is -2.48. The second-order valence-corrected chi connectivity index (χ2v) is 7.37. The summed E-state index contributed by atoms with van der Waals surface area (Å²) in [6.45, 7) is 3.62. The molecule has 0 fully saturated rings. The first-order valence-electron chi connectivity index (χ1n) is 7.79. The minimum atomic E-state index is -1.36. The zero-order valence-corrected chi connectivity index (χ0v) is 15.4. The number of nitrogens with zero attached hydrogens (tertiary/aromatic N) is 1. The molecular formula is C17H21N3O4S. The first-order valence-corrected chi connectivity index (χ1v) is 9.17. The summed E-state index contributed by atoms with van der Waals surface area (Å²) >= 11 is 0. The van der Waals surface area contributed by atoms with Crippen LogP contribution < -0.4 is 24.8 Å². The van der Waals surface area contributed by atoms with Gasteiger partial charge in [0.15, 0.2) is 11.7 Å². The lowest BCUT2D eigenvalue weighted by Gasteiger charge is -2.15. The normalized spacial score (nSPS) is 16.6. The van der Waals surface area contributed by atoms with E-state index in [-0.39, 0.29) is 5.75 Å². The Labute approximate surface area is 149 Å². The molecule has 2 atom stereocenters. The van der Waals surface area contributed by atoms with E-state index in [1.807, 2.05) is 32.0 Å². The second-order valence-electron chi connectivity index (χ2n) is 5.85. The first-order chi connectivity index (χ1) is 11.9. The highest BCUT2D eigenvalue weighted by Gasteiger charge is 2.28. The van der Waals surface area contributed by atoms with Crippen LogP contribution in [0.4, 0.5) is 11.4 Å². The summed E-state index contributed by atoms with van der Waals surface area (Å²) in [5.74, 6) is 1.48. The van der Waals surface area contributed by atoms with Crippen molar-refractivity contribution in [2.24, 2.45) is 0 Å². The predicted molar refractivity (Wildman–Crippen MR) is 97.3 cm³/mol. The fourth-order valence-corrected chi connectivity index (χ4v) is 4.25. The Balaban J connectivity index is 1.80. The molecule has 2 aromatic rings. The van der Waals surface area contributed by atoms with Crippen LogP contribution in [-0.2, 0) is 16.6 Å². The molecule has 3 rings (SSSR count). The number of benzene rings is 1. The number of aromatic nitrogens is 1. The van der Waals surface area contributed by atoms with Gasteiger partial charge in [-0.05, 0) is 26.0 Å². The molecule has 25 heavy (non-hydrogen) atoms. The van der Waals surface area contributed by atoms with E-state index in [9.17, 15) is 9.42 Å². The Bertz CT molecular complexity index is 841. The quantitative estimate of drug-likeness (QED) is 0.624. The summed E-state index contributed by atoms with van der Waals surface area (Å²) in [7, 11) is 1.80. The van der Waals surface area contributed by atoms with Crippen LogP contribution in [0.1, 0.15) is 16.8 Å². The Kier molecular flexibility index (Phi) is 4.71. The largest absolute Gasteiger partial charge is 0.618 e. The van der Waals surface area contributed by atoms with Gasteiger partial charge in [-0.1, -0.05) is 0 Å². The van der Waals surface area contributed by atoms with E-state index in [1.165, 1.54) is 6.20 Å². The van der Waals surface area contributed by atoms with E-state index in [4.69, 9.17) is 9.47 Å². The van der Waals surface area contributed by atoms with Crippen molar-refractivity contribution in [1.82, 2.24) is 0 Å². The van der Waals surface area contributed by atoms with Gasteiger partial charge in [0, 0.05) is 6.07 Å². The molecule has 134 valence electrons. The van der Waals surface area contributed by atoms with E-state index in [2.05, 4.69) is 10.6 Å². The van der Waals surface area contributed by atoms with Gasteiger partial charge in [-0.3, -0.25) is 4.21 Å². The van der Waals surface area contributed by atoms with Gasteiger partial charge in [0.25, 0.3) is 0 Å². The zero-order valence-electron chi connectivity index (χ0n) is 14.6. The van der Waals surface area contributed by atoms with Gasteiger partial charge in [0.1, 0.15) is 17.3 Å². The highest BCUT2D eigenvalue weighted by atomic mass is 32.2. The minimum absolute atomic E-state index is 0.113. The van der Waals surface area contributed by atoms with E-state index in [0.29, 0.717) is 17.0 Å². The van der Waals surface area contributed by atoms with Crippen molar-refractivity contribution in [2.75, 3.05) is 24.9 Å². The molecule has 1 aromatic carbocycles. The maximum absolute atomic E-state index is 12.8. The van der Waals surface area contributed by atoms with Crippen LogP contribution in [0.25, 0.3) is 0 Å². The summed E-state index contributed by atoms with van der Waals surface area (Å²) in [5, 5.41) is 18.6. The summed E-state index contributed by atoms with van der Waals surface area (Å²) in [5.41, 5.74) is 3.11. The van der Waals surface area contributed by atoms with E-state index in [0.717, 1.165) is 27.4 Å². The summed E-state index contributed by atoms with van der Waals surface area (Å²) in [4.78, 5) is 0. The molecule has 0 spiro atoms. The number of aryl methyl sites for hydroxylation is 1. The molecule has 1 aliphatic rings. The number of methoxy groups -OCH3 is 2. The van der Waals surface area contributed by atoms with Crippen LogP contribution in [0, 0.1) is 19.1 Å². The van der Waals surface area contributed by atoms with Crippen LogP contribution in [0.2, 0.25) is 0 Å².